The van der Waals surface area contributed by atoms with E-state index in [2.05, 4.69) is 0 Å². The molecule has 66 valence electrons. The first-order valence-electron chi connectivity index (χ1n) is 4.39. The third-order valence-corrected chi connectivity index (χ3v) is 4.91. The zero-order valence-electron chi connectivity index (χ0n) is 6.66. The molecule has 0 aromatic heterocycles. The molecule has 0 bridgehead atoms. The molecule has 2 nitrogen and oxygen atoms in total. The second-order valence-corrected chi connectivity index (χ2v) is 6.12. The van der Waals surface area contributed by atoms with Crippen molar-refractivity contribution in [1.82, 2.24) is 0 Å². The van der Waals surface area contributed by atoms with Crippen LogP contribution in [0.1, 0.15) is 25.7 Å². The van der Waals surface area contributed by atoms with Gasteiger partial charge in [0.2, 0.25) is 0 Å². The van der Waals surface area contributed by atoms with Crippen LogP contribution in [0.2, 0.25) is 0 Å². The van der Waals surface area contributed by atoms with Gasteiger partial charge in [0.25, 0.3) is 0 Å². The molecule has 0 aromatic carbocycles. The molecular weight excluding hydrogens is 160 g/mol. The molecule has 1 saturated carbocycles. The monoisotopic (exact) mass is 175 g/mol. The van der Waals surface area contributed by atoms with Crippen LogP contribution in [-0.4, -0.2) is 20.6 Å². The van der Waals surface area contributed by atoms with E-state index in [4.69, 9.17) is 0 Å². The maximum absolute atomic E-state index is 11.3. The Morgan fingerprint density at radius 2 is 1.55 bits per heavy atom. The average molecular weight is 175 g/mol. The molecule has 1 aliphatic carbocycles. The lowest BCUT2D eigenvalue weighted by Crippen LogP contribution is -2.16. The van der Waals surface area contributed by atoms with Crippen LogP contribution >= 0.6 is 10.6 Å². The predicted octanol–water partition coefficient (Wildman–Crippen LogP) is 2.21. The second kappa shape index (κ2) is 2.64. The SMILES string of the molecule is [O-]S1(O)CC2CCCCC2C1. The molecular formula is C8H15O2S-. The standard InChI is InChI=1S/C8H16O2S/c9-11(10)5-7-3-1-2-4-8(7)6-11/h7-10H,1-6H2/p-1. The quantitative estimate of drug-likeness (QED) is 0.613. The zero-order valence-corrected chi connectivity index (χ0v) is 7.48. The molecule has 0 amide bonds. The molecule has 2 atom stereocenters. The van der Waals surface area contributed by atoms with Gasteiger partial charge in [-0.15, -0.1) is 0 Å². The van der Waals surface area contributed by atoms with Crippen LogP contribution in [0.15, 0.2) is 0 Å². The van der Waals surface area contributed by atoms with Gasteiger partial charge < -0.3 is 19.7 Å². The van der Waals surface area contributed by atoms with Crippen molar-refractivity contribution in [2.45, 2.75) is 25.7 Å². The molecule has 2 rings (SSSR count). The molecule has 11 heavy (non-hydrogen) atoms. The van der Waals surface area contributed by atoms with Gasteiger partial charge in [-0.1, -0.05) is 12.8 Å². The van der Waals surface area contributed by atoms with Gasteiger partial charge in [0, 0.05) is 11.5 Å². The summed E-state index contributed by atoms with van der Waals surface area (Å²) in [5.41, 5.74) is 0. The fraction of sp³-hybridized carbons (Fsp3) is 1.00. The smallest absolute Gasteiger partial charge is 0.00426 e. The van der Waals surface area contributed by atoms with Crippen molar-refractivity contribution in [2.75, 3.05) is 11.5 Å². The normalized spacial score (nSPS) is 56.5. The zero-order chi connectivity index (χ0) is 7.90. The minimum atomic E-state index is -2.38. The Bertz CT molecular complexity index is 142. The lowest BCUT2D eigenvalue weighted by Gasteiger charge is -2.41. The van der Waals surface area contributed by atoms with Gasteiger partial charge in [0.1, 0.15) is 0 Å². The van der Waals surface area contributed by atoms with Gasteiger partial charge in [0.05, 0.1) is 0 Å². The Kier molecular flexibility index (Phi) is 1.90. The van der Waals surface area contributed by atoms with Gasteiger partial charge in [0.15, 0.2) is 0 Å². The van der Waals surface area contributed by atoms with Crippen LogP contribution in [0, 0.1) is 11.8 Å². The fourth-order valence-electron chi connectivity index (χ4n) is 2.46. The van der Waals surface area contributed by atoms with Gasteiger partial charge in [-0.3, -0.25) is 0 Å². The van der Waals surface area contributed by atoms with E-state index in [0.29, 0.717) is 23.3 Å². The Morgan fingerprint density at radius 3 is 2.00 bits per heavy atom. The van der Waals surface area contributed by atoms with E-state index < -0.39 is 10.6 Å². The van der Waals surface area contributed by atoms with Crippen molar-refractivity contribution >= 4 is 10.6 Å². The highest BCUT2D eigenvalue weighted by Gasteiger charge is 2.34. The Hall–Kier alpha value is 0.270. The summed E-state index contributed by atoms with van der Waals surface area (Å²) in [6.45, 7) is 0. The lowest BCUT2D eigenvalue weighted by atomic mass is 9.82. The van der Waals surface area contributed by atoms with Crippen molar-refractivity contribution in [3.05, 3.63) is 0 Å². The van der Waals surface area contributed by atoms with Crippen LogP contribution in [0.25, 0.3) is 0 Å². The number of rotatable bonds is 0. The van der Waals surface area contributed by atoms with E-state index in [1.165, 1.54) is 25.7 Å². The van der Waals surface area contributed by atoms with Crippen molar-refractivity contribution in [3.63, 3.8) is 0 Å². The maximum atomic E-state index is 11.3. The van der Waals surface area contributed by atoms with Crippen LogP contribution in [0.3, 0.4) is 0 Å². The molecule has 1 saturated heterocycles. The van der Waals surface area contributed by atoms with Gasteiger partial charge in [-0.2, -0.15) is 0 Å². The maximum Gasteiger partial charge on any atom is 0.00426 e. The van der Waals surface area contributed by atoms with E-state index >= 15 is 0 Å². The number of hydrogen-bond acceptors (Lipinski definition) is 2. The topological polar surface area (TPSA) is 43.3 Å². The molecule has 2 unspecified atom stereocenters. The molecule has 0 aromatic rings. The first-order chi connectivity index (χ1) is 5.17. The van der Waals surface area contributed by atoms with E-state index in [1.807, 2.05) is 0 Å². The fourth-order valence-corrected chi connectivity index (χ4v) is 4.81. The summed E-state index contributed by atoms with van der Waals surface area (Å²) in [5.74, 6) is 2.36. The highest BCUT2D eigenvalue weighted by molar-refractivity contribution is 8.24. The summed E-state index contributed by atoms with van der Waals surface area (Å²) in [6, 6.07) is 0. The van der Waals surface area contributed by atoms with Crippen LogP contribution in [0.4, 0.5) is 0 Å². The summed E-state index contributed by atoms with van der Waals surface area (Å²) in [5, 5.41) is 0. The molecule has 2 aliphatic rings. The third-order valence-electron chi connectivity index (χ3n) is 3.02. The summed E-state index contributed by atoms with van der Waals surface area (Å²) >= 11 is 0. The first-order valence-corrected chi connectivity index (χ1v) is 6.25. The highest BCUT2D eigenvalue weighted by Crippen LogP contribution is 2.54. The summed E-state index contributed by atoms with van der Waals surface area (Å²) < 4.78 is 20.7. The molecule has 1 heterocycles. The van der Waals surface area contributed by atoms with E-state index in [1.54, 1.807) is 0 Å². The van der Waals surface area contributed by atoms with Crippen molar-refractivity contribution in [3.8, 4) is 0 Å². The van der Waals surface area contributed by atoms with Crippen molar-refractivity contribution < 1.29 is 9.11 Å². The first kappa shape index (κ1) is 7.90. The van der Waals surface area contributed by atoms with Gasteiger partial charge in [-0.25, -0.2) is 0 Å². The van der Waals surface area contributed by atoms with Crippen molar-refractivity contribution in [1.29, 1.82) is 0 Å². The Balaban J connectivity index is 2.03. The number of fused-ring (bicyclic) bond motifs is 1. The van der Waals surface area contributed by atoms with E-state index in [9.17, 15) is 9.11 Å². The van der Waals surface area contributed by atoms with Crippen LogP contribution in [0.5, 0.6) is 0 Å². The molecule has 0 spiro atoms. The van der Waals surface area contributed by atoms with E-state index in [-0.39, 0.29) is 0 Å². The third kappa shape index (κ3) is 1.55. The molecule has 0 radical (unpaired) electrons. The molecule has 1 N–H and O–H groups in total. The second-order valence-electron chi connectivity index (χ2n) is 3.91. The summed E-state index contributed by atoms with van der Waals surface area (Å²) in [6.07, 6.45) is 4.94. The minimum Gasteiger partial charge on any atom is -0.768 e. The predicted molar refractivity (Wildman–Crippen MR) is 46.2 cm³/mol. The molecule has 2 fully saturated rings. The minimum absolute atomic E-state index is 0.584. The molecule has 1 aliphatic heterocycles. The largest absolute Gasteiger partial charge is 0.768 e. The number of hydrogen-bond donors (Lipinski definition) is 1. The summed E-state index contributed by atoms with van der Waals surface area (Å²) in [7, 11) is -2.38. The van der Waals surface area contributed by atoms with Crippen LogP contribution in [-0.2, 0) is 0 Å². The molecule has 3 heteroatoms. The van der Waals surface area contributed by atoms with Gasteiger partial charge in [-0.05, 0) is 24.7 Å². The average Bonchev–Trinajstić information content (AvgIpc) is 2.21. The van der Waals surface area contributed by atoms with E-state index in [0.717, 1.165) is 0 Å². The Labute approximate surface area is 69.3 Å². The summed E-state index contributed by atoms with van der Waals surface area (Å²) in [4.78, 5) is 0. The van der Waals surface area contributed by atoms with Crippen molar-refractivity contribution in [2.24, 2.45) is 11.8 Å². The van der Waals surface area contributed by atoms with Crippen LogP contribution < -0.4 is 0 Å². The highest BCUT2D eigenvalue weighted by atomic mass is 32.3. The van der Waals surface area contributed by atoms with Gasteiger partial charge >= 0.3 is 0 Å². The Morgan fingerprint density at radius 1 is 1.09 bits per heavy atom. The lowest BCUT2D eigenvalue weighted by molar-refractivity contribution is 0.299.